The van der Waals surface area contributed by atoms with E-state index >= 15 is 0 Å². The number of rotatable bonds is 1. The van der Waals surface area contributed by atoms with Gasteiger partial charge in [0.1, 0.15) is 5.54 Å². The molecule has 4 nitrogen and oxygen atoms in total. The summed E-state index contributed by atoms with van der Waals surface area (Å²) in [6.07, 6.45) is -1.19. The molecule has 1 unspecified atom stereocenters. The van der Waals surface area contributed by atoms with Gasteiger partial charge in [-0.05, 0) is 34.6 Å². The number of carbonyl (C=O) groups excluding carboxylic acids is 1. The molecular weight excluding hydrogens is 168 g/mol. The maximum atomic E-state index is 11.0. The van der Waals surface area contributed by atoms with Crippen LogP contribution in [-0.2, 0) is 0 Å². The van der Waals surface area contributed by atoms with Gasteiger partial charge in [0.25, 0.3) is 6.09 Å². The van der Waals surface area contributed by atoms with Gasteiger partial charge in [0.05, 0.1) is 12.8 Å². The molecule has 0 radical (unpaired) electrons. The lowest BCUT2D eigenvalue weighted by atomic mass is 10.1. The second-order valence-electron chi connectivity index (χ2n) is 4.44. The summed E-state index contributed by atoms with van der Waals surface area (Å²) in [7, 11) is 1.53. The van der Waals surface area contributed by atoms with Gasteiger partial charge < -0.3 is 9.90 Å². The van der Waals surface area contributed by atoms with Crippen molar-refractivity contribution in [2.24, 2.45) is 5.10 Å². The number of hydrogen-bond acceptors (Lipinski definition) is 3. The van der Waals surface area contributed by atoms with Crippen LogP contribution < -0.4 is 5.11 Å². The van der Waals surface area contributed by atoms with Crippen molar-refractivity contribution in [1.82, 2.24) is 0 Å². The predicted octanol–water partition coefficient (Wildman–Crippen LogP) is 0.971. The molecule has 0 aliphatic heterocycles. The minimum atomic E-state index is -1.19. The molecule has 0 saturated heterocycles. The first-order valence-electron chi connectivity index (χ1n) is 4.23. The van der Waals surface area contributed by atoms with Crippen LogP contribution in [0.5, 0.6) is 0 Å². The highest BCUT2D eigenvalue weighted by atomic mass is 16.4. The van der Waals surface area contributed by atoms with Gasteiger partial charge in [0.2, 0.25) is 0 Å². The van der Waals surface area contributed by atoms with Crippen molar-refractivity contribution < 1.29 is 14.5 Å². The highest BCUT2D eigenvalue weighted by molar-refractivity contribution is 5.79. The van der Waals surface area contributed by atoms with Gasteiger partial charge >= 0.3 is 0 Å². The van der Waals surface area contributed by atoms with Crippen LogP contribution in [0.4, 0.5) is 4.79 Å². The molecule has 0 aromatic carbocycles. The zero-order chi connectivity index (χ0) is 10.9. The lowest BCUT2D eigenvalue weighted by Gasteiger charge is -2.39. The summed E-state index contributed by atoms with van der Waals surface area (Å²) in [6.45, 7) is 8.98. The van der Waals surface area contributed by atoms with Crippen molar-refractivity contribution in [3.05, 3.63) is 0 Å². The fraction of sp³-hybridized carbons (Fsp3) is 0.778. The Morgan fingerprint density at radius 2 is 1.69 bits per heavy atom. The molecule has 0 bridgehead atoms. The van der Waals surface area contributed by atoms with Crippen LogP contribution in [0.3, 0.4) is 0 Å². The fourth-order valence-corrected chi connectivity index (χ4v) is 0.865. The van der Waals surface area contributed by atoms with E-state index in [4.69, 9.17) is 0 Å². The van der Waals surface area contributed by atoms with E-state index in [0.717, 1.165) is 5.71 Å². The maximum Gasteiger partial charge on any atom is 0.285 e. The third-order valence-electron chi connectivity index (χ3n) is 2.06. The fourth-order valence-electron chi connectivity index (χ4n) is 0.865. The van der Waals surface area contributed by atoms with Crippen molar-refractivity contribution >= 4 is 11.8 Å². The molecule has 0 rings (SSSR count). The van der Waals surface area contributed by atoms with E-state index in [0.29, 0.717) is 0 Å². The molecule has 0 aliphatic rings. The van der Waals surface area contributed by atoms with Crippen LogP contribution in [0.1, 0.15) is 34.6 Å². The smallest absolute Gasteiger partial charge is 0.285 e. The zero-order valence-electron chi connectivity index (χ0n) is 9.21. The van der Waals surface area contributed by atoms with Gasteiger partial charge in [-0.2, -0.15) is 0 Å². The number of carboxylic acid groups (broad SMARTS) is 1. The molecule has 0 N–H and O–H groups in total. The van der Waals surface area contributed by atoms with E-state index in [2.05, 4.69) is 5.10 Å². The summed E-state index contributed by atoms with van der Waals surface area (Å²) < 4.78 is -0.449. The van der Waals surface area contributed by atoms with E-state index in [1.807, 2.05) is 20.8 Å². The lowest BCUT2D eigenvalue weighted by Crippen LogP contribution is -2.62. The Morgan fingerprint density at radius 3 is 1.77 bits per heavy atom. The molecule has 0 spiro atoms. The van der Waals surface area contributed by atoms with Gasteiger partial charge in [0, 0.05) is 0 Å². The normalized spacial score (nSPS) is 16.2. The van der Waals surface area contributed by atoms with Crippen molar-refractivity contribution in [1.29, 1.82) is 0 Å². The van der Waals surface area contributed by atoms with Crippen LogP contribution >= 0.6 is 0 Å². The van der Waals surface area contributed by atoms with Gasteiger partial charge in [-0.25, -0.2) is 0 Å². The quantitative estimate of drug-likeness (QED) is 0.348. The maximum absolute atomic E-state index is 11.0. The summed E-state index contributed by atoms with van der Waals surface area (Å²) in [5.41, 5.74) is 0.220. The average Bonchev–Trinajstić information content (AvgIpc) is 1.82. The molecule has 0 heterocycles. The molecule has 13 heavy (non-hydrogen) atoms. The molecule has 76 valence electrons. The van der Waals surface area contributed by atoms with Crippen molar-refractivity contribution in [3.63, 3.8) is 0 Å². The Kier molecular flexibility index (Phi) is 3.22. The molecule has 4 heteroatoms. The van der Waals surface area contributed by atoms with Gasteiger partial charge in [-0.15, -0.1) is 4.59 Å². The zero-order valence-corrected chi connectivity index (χ0v) is 9.21. The second kappa shape index (κ2) is 3.46. The Labute approximate surface area is 79.4 Å². The van der Waals surface area contributed by atoms with Crippen LogP contribution in [0.2, 0.25) is 0 Å². The first kappa shape index (κ1) is 12.1. The Balaban J connectivity index is 5.22. The van der Waals surface area contributed by atoms with Crippen LogP contribution in [-0.4, -0.2) is 29.0 Å². The van der Waals surface area contributed by atoms with Gasteiger partial charge in [-0.3, -0.25) is 0 Å². The first-order valence-corrected chi connectivity index (χ1v) is 4.23. The minimum absolute atomic E-state index is 0.449. The molecule has 1 amide bonds. The Morgan fingerprint density at radius 1 is 1.31 bits per heavy atom. The third-order valence-corrected chi connectivity index (χ3v) is 2.06. The first-order chi connectivity index (χ1) is 5.61. The molecule has 1 atom stereocenters. The summed E-state index contributed by atoms with van der Waals surface area (Å²) in [5.74, 6) is 0. The monoisotopic (exact) mass is 186 g/mol. The number of nitrogens with zero attached hydrogens (tertiary/aromatic N) is 2. The largest absolute Gasteiger partial charge is 0.496 e. The SMILES string of the molecule is CC(C)=N[N+](C)(C(=O)[O-])C(C)(C)C. The summed E-state index contributed by atoms with van der Waals surface area (Å²) >= 11 is 0. The highest BCUT2D eigenvalue weighted by Crippen LogP contribution is 2.22. The number of quaternary nitrogens is 1. The Hall–Kier alpha value is -0.900. The standard InChI is InChI=1S/C9H18N2O2/c1-7(2)10-11(6,8(12)13)9(3,4)5/h1-6H3. The van der Waals surface area contributed by atoms with Gasteiger partial charge in [-0.1, -0.05) is 5.10 Å². The summed E-state index contributed by atoms with van der Waals surface area (Å²) in [5, 5.41) is 15.0. The molecule has 0 aliphatic carbocycles. The van der Waals surface area contributed by atoms with Crippen molar-refractivity contribution in [2.75, 3.05) is 7.05 Å². The summed E-state index contributed by atoms with van der Waals surface area (Å²) in [6, 6.07) is 0. The van der Waals surface area contributed by atoms with E-state index in [-0.39, 0.29) is 0 Å². The van der Waals surface area contributed by atoms with E-state index in [1.54, 1.807) is 13.8 Å². The second-order valence-corrected chi connectivity index (χ2v) is 4.44. The minimum Gasteiger partial charge on any atom is -0.496 e. The van der Waals surface area contributed by atoms with E-state index in [9.17, 15) is 9.90 Å². The topological polar surface area (TPSA) is 52.5 Å². The molecule has 0 aromatic rings. The predicted molar refractivity (Wildman–Crippen MR) is 50.1 cm³/mol. The van der Waals surface area contributed by atoms with E-state index in [1.165, 1.54) is 7.05 Å². The molecule has 0 aromatic heterocycles. The Bertz CT molecular complexity index is 236. The highest BCUT2D eigenvalue weighted by Gasteiger charge is 2.39. The average molecular weight is 186 g/mol. The summed E-state index contributed by atoms with van der Waals surface area (Å²) in [4.78, 5) is 11.0. The van der Waals surface area contributed by atoms with Crippen LogP contribution in [0.25, 0.3) is 0 Å². The van der Waals surface area contributed by atoms with Crippen LogP contribution in [0.15, 0.2) is 5.10 Å². The molecular formula is C9H18N2O2. The van der Waals surface area contributed by atoms with Crippen LogP contribution in [0, 0.1) is 0 Å². The number of amides is 1. The van der Waals surface area contributed by atoms with E-state index < -0.39 is 16.2 Å². The van der Waals surface area contributed by atoms with Crippen molar-refractivity contribution in [2.45, 2.75) is 40.2 Å². The third kappa shape index (κ3) is 2.52. The van der Waals surface area contributed by atoms with Gasteiger partial charge in [0.15, 0.2) is 0 Å². The van der Waals surface area contributed by atoms with Crippen molar-refractivity contribution in [3.8, 4) is 0 Å². The number of hydrogen-bond donors (Lipinski definition) is 0. The lowest BCUT2D eigenvalue weighted by molar-refractivity contribution is -0.908. The number of carbonyl (C=O) groups is 1. The molecule has 0 saturated carbocycles. The molecule has 0 fully saturated rings.